The summed E-state index contributed by atoms with van der Waals surface area (Å²) < 4.78 is 3.51. The van der Waals surface area contributed by atoms with Gasteiger partial charge in [0.1, 0.15) is 5.82 Å². The van der Waals surface area contributed by atoms with Crippen molar-refractivity contribution in [3.63, 3.8) is 0 Å². The number of benzene rings is 2. The van der Waals surface area contributed by atoms with Crippen molar-refractivity contribution in [1.82, 2.24) is 39.7 Å². The minimum Gasteiger partial charge on any atom is -0.340 e. The van der Waals surface area contributed by atoms with Gasteiger partial charge in [-0.25, -0.2) is 9.67 Å². The first-order valence-corrected chi connectivity index (χ1v) is 13.3. The largest absolute Gasteiger partial charge is 0.340 e. The number of aromatic amines is 2. The third kappa shape index (κ3) is 3.50. The van der Waals surface area contributed by atoms with Crippen molar-refractivity contribution >= 4 is 34.1 Å². The van der Waals surface area contributed by atoms with Crippen molar-refractivity contribution in [2.75, 3.05) is 0 Å². The number of halogens is 2. The molecular formula is C28H20Cl2N8O. The normalized spacial score (nSPS) is 19.4. The Balaban J connectivity index is 1.19. The van der Waals surface area contributed by atoms with Crippen LogP contribution in [0.2, 0.25) is 10.2 Å². The Kier molecular flexibility index (Phi) is 4.75. The maximum Gasteiger partial charge on any atom is 0.251 e. The van der Waals surface area contributed by atoms with Gasteiger partial charge in [0.2, 0.25) is 0 Å². The molecule has 5 heterocycles. The molecular weight excluding hydrogens is 535 g/mol. The van der Waals surface area contributed by atoms with Crippen molar-refractivity contribution < 1.29 is 0 Å². The van der Waals surface area contributed by atoms with Gasteiger partial charge in [-0.05, 0) is 55.2 Å². The second kappa shape index (κ2) is 8.14. The Bertz CT molecular complexity index is 2000. The summed E-state index contributed by atoms with van der Waals surface area (Å²) >= 11 is 12.4. The molecule has 192 valence electrons. The van der Waals surface area contributed by atoms with E-state index in [0.717, 1.165) is 62.6 Å². The van der Waals surface area contributed by atoms with Crippen LogP contribution in [0.4, 0.5) is 0 Å². The summed E-state index contributed by atoms with van der Waals surface area (Å²) in [6.07, 6.45) is 4.51. The van der Waals surface area contributed by atoms with Crippen LogP contribution < -0.4 is 5.56 Å². The number of rotatable bonds is 4. The number of pyridine rings is 1. The molecule has 1 aliphatic heterocycles. The lowest BCUT2D eigenvalue weighted by Crippen LogP contribution is -2.26. The molecule has 0 bridgehead atoms. The number of hydrogen-bond acceptors (Lipinski definition) is 5. The van der Waals surface area contributed by atoms with Crippen LogP contribution in [-0.4, -0.2) is 39.7 Å². The van der Waals surface area contributed by atoms with E-state index in [-0.39, 0.29) is 16.8 Å². The smallest absolute Gasteiger partial charge is 0.251 e. The molecule has 0 amide bonds. The van der Waals surface area contributed by atoms with Crippen LogP contribution >= 0.6 is 23.2 Å². The highest BCUT2D eigenvalue weighted by Crippen LogP contribution is 2.60. The number of aromatic nitrogens is 8. The molecule has 0 spiro atoms. The number of aryl methyl sites for hydroxylation is 1. The molecule has 1 aliphatic carbocycles. The Morgan fingerprint density at radius 2 is 1.95 bits per heavy atom. The molecule has 2 aliphatic rings. The second-order valence-corrected chi connectivity index (χ2v) is 11.1. The summed E-state index contributed by atoms with van der Waals surface area (Å²) in [4.78, 5) is 21.8. The summed E-state index contributed by atoms with van der Waals surface area (Å²) in [5.74, 6) is 1.44. The van der Waals surface area contributed by atoms with Crippen LogP contribution in [-0.2, 0) is 0 Å². The molecule has 2 N–H and O–H groups in total. The summed E-state index contributed by atoms with van der Waals surface area (Å²) in [5.41, 5.74) is 7.10. The third-order valence-electron chi connectivity index (χ3n) is 7.92. The van der Waals surface area contributed by atoms with E-state index in [1.807, 2.05) is 42.0 Å². The summed E-state index contributed by atoms with van der Waals surface area (Å²) in [5, 5.41) is 17.3. The molecule has 1 fully saturated rings. The van der Waals surface area contributed by atoms with Crippen molar-refractivity contribution in [2.24, 2.45) is 5.92 Å². The average molecular weight is 555 g/mol. The van der Waals surface area contributed by atoms with Crippen molar-refractivity contribution in [1.29, 1.82) is 0 Å². The Labute approximate surface area is 231 Å². The summed E-state index contributed by atoms with van der Waals surface area (Å²) in [6, 6.07) is 15.3. The van der Waals surface area contributed by atoms with E-state index in [1.54, 1.807) is 23.0 Å². The molecule has 0 radical (unpaired) electrons. The van der Waals surface area contributed by atoms with Crippen molar-refractivity contribution in [3.05, 3.63) is 98.5 Å². The van der Waals surface area contributed by atoms with E-state index in [0.29, 0.717) is 16.9 Å². The van der Waals surface area contributed by atoms with Crippen LogP contribution in [0.3, 0.4) is 0 Å². The number of nitrogens with zero attached hydrogens (tertiary/aromatic N) is 6. The predicted molar refractivity (Wildman–Crippen MR) is 148 cm³/mol. The zero-order valence-electron chi connectivity index (χ0n) is 20.6. The zero-order valence-corrected chi connectivity index (χ0v) is 22.1. The summed E-state index contributed by atoms with van der Waals surface area (Å²) in [6.45, 7) is 2.00. The van der Waals surface area contributed by atoms with Crippen LogP contribution in [0.1, 0.15) is 35.5 Å². The SMILES string of the molecule is Cc1[nH]nc2cc(-c3ncc(C4C5CC5c5cc(-c6cc(Cl)ccc6-n6cc(Cl)nn6)cc(=O)n54)[nH]3)ccc12. The molecule has 2 aromatic carbocycles. The van der Waals surface area contributed by atoms with E-state index in [1.165, 1.54) is 0 Å². The Morgan fingerprint density at radius 1 is 1.05 bits per heavy atom. The van der Waals surface area contributed by atoms with Crippen LogP contribution in [0, 0.1) is 12.8 Å². The van der Waals surface area contributed by atoms with Gasteiger partial charge in [0.15, 0.2) is 5.15 Å². The quantitative estimate of drug-likeness (QED) is 0.291. The topological polar surface area (TPSA) is 110 Å². The van der Waals surface area contributed by atoms with Gasteiger partial charge >= 0.3 is 0 Å². The molecule has 3 unspecified atom stereocenters. The first-order chi connectivity index (χ1) is 18.9. The molecule has 8 rings (SSSR count). The highest BCUT2D eigenvalue weighted by Gasteiger charge is 2.53. The first kappa shape index (κ1) is 22.7. The van der Waals surface area contributed by atoms with E-state index in [2.05, 4.69) is 42.6 Å². The first-order valence-electron chi connectivity index (χ1n) is 12.6. The number of imidazole rings is 1. The fourth-order valence-corrected chi connectivity index (χ4v) is 6.33. The van der Waals surface area contributed by atoms with Crippen molar-refractivity contribution in [3.8, 4) is 28.2 Å². The molecule has 4 aromatic heterocycles. The van der Waals surface area contributed by atoms with Crippen LogP contribution in [0.25, 0.3) is 39.1 Å². The molecule has 6 aromatic rings. The highest BCUT2D eigenvalue weighted by molar-refractivity contribution is 6.31. The molecule has 11 heteroatoms. The standard InChI is InChI=1S/C28H20Cl2N8O/c1-13-17-4-2-14(6-21(17)34-33-13)28-31-11-22(32-28)27-20-10-19(20)24-7-15(8-26(39)38(24)27)18-9-16(29)3-5-23(18)37-12-25(30)35-36-37/h2-9,11-12,19-20,27H,10H2,1H3,(H,31,32)(H,33,34). The maximum atomic E-state index is 13.6. The van der Waals surface area contributed by atoms with Crippen LogP contribution in [0.5, 0.6) is 0 Å². The van der Waals surface area contributed by atoms with Gasteiger partial charge < -0.3 is 9.55 Å². The predicted octanol–water partition coefficient (Wildman–Crippen LogP) is 5.68. The van der Waals surface area contributed by atoms with Gasteiger partial charge in [-0.15, -0.1) is 5.10 Å². The number of nitrogens with one attached hydrogen (secondary N) is 2. The molecule has 0 saturated heterocycles. The molecule has 39 heavy (non-hydrogen) atoms. The maximum absolute atomic E-state index is 13.6. The van der Waals surface area contributed by atoms with Gasteiger partial charge in [0.25, 0.3) is 5.56 Å². The van der Waals surface area contributed by atoms with Crippen LogP contribution in [0.15, 0.2) is 65.7 Å². The minimum atomic E-state index is -0.0860. The van der Waals surface area contributed by atoms with E-state index in [9.17, 15) is 4.79 Å². The van der Waals surface area contributed by atoms with E-state index >= 15 is 0 Å². The van der Waals surface area contributed by atoms with Gasteiger partial charge in [-0.2, -0.15) is 5.10 Å². The van der Waals surface area contributed by atoms with Gasteiger partial charge in [-0.1, -0.05) is 40.5 Å². The minimum absolute atomic E-state index is 0.0631. The number of hydrogen-bond donors (Lipinski definition) is 2. The fraction of sp³-hybridized carbons (Fsp3) is 0.179. The van der Waals surface area contributed by atoms with E-state index < -0.39 is 0 Å². The number of H-pyrrole nitrogens is 2. The number of fused-ring (bicyclic) bond motifs is 4. The van der Waals surface area contributed by atoms with Gasteiger partial charge in [-0.3, -0.25) is 9.89 Å². The molecule has 3 atom stereocenters. The van der Waals surface area contributed by atoms with Gasteiger partial charge in [0, 0.05) is 44.9 Å². The lowest BCUT2D eigenvalue weighted by molar-refractivity contribution is 0.528. The average Bonchev–Trinajstić information content (AvgIpc) is 3.28. The lowest BCUT2D eigenvalue weighted by Gasteiger charge is -2.18. The Morgan fingerprint density at radius 3 is 2.79 bits per heavy atom. The Hall–Kier alpha value is -4.21. The molecule has 9 nitrogen and oxygen atoms in total. The lowest BCUT2D eigenvalue weighted by atomic mass is 10.0. The highest BCUT2D eigenvalue weighted by atomic mass is 35.5. The summed E-state index contributed by atoms with van der Waals surface area (Å²) in [7, 11) is 0. The fourth-order valence-electron chi connectivity index (χ4n) is 6.03. The third-order valence-corrected chi connectivity index (χ3v) is 8.32. The van der Waals surface area contributed by atoms with Gasteiger partial charge in [0.05, 0.1) is 35.3 Å². The monoisotopic (exact) mass is 554 g/mol. The van der Waals surface area contributed by atoms with E-state index in [4.69, 9.17) is 23.2 Å². The zero-order chi connectivity index (χ0) is 26.4. The second-order valence-electron chi connectivity index (χ2n) is 10.2. The van der Waals surface area contributed by atoms with Crippen molar-refractivity contribution in [2.45, 2.75) is 25.3 Å². The molecule has 1 saturated carbocycles.